The minimum Gasteiger partial charge on any atom is -0.365 e. The van der Waals surface area contributed by atoms with Crippen molar-refractivity contribution < 1.29 is 4.92 Å². The van der Waals surface area contributed by atoms with E-state index in [1.807, 2.05) is 18.7 Å². The van der Waals surface area contributed by atoms with Crippen molar-refractivity contribution in [3.05, 3.63) is 33.3 Å². The van der Waals surface area contributed by atoms with Gasteiger partial charge >= 0.3 is 0 Å². The topological polar surface area (TPSA) is 70.2 Å². The van der Waals surface area contributed by atoms with Crippen LogP contribution in [0.25, 0.3) is 0 Å². The highest BCUT2D eigenvalue weighted by atomic mass is 35.5. The van der Waals surface area contributed by atoms with Gasteiger partial charge in [-0.05, 0) is 18.1 Å². The molecule has 6 heteroatoms. The Labute approximate surface area is 117 Å². The molecule has 0 spiro atoms. The maximum atomic E-state index is 11.1. The highest BCUT2D eigenvalue weighted by Gasteiger charge is 2.20. The first-order chi connectivity index (χ1) is 8.95. The second-order valence-electron chi connectivity index (χ2n) is 4.64. The van der Waals surface area contributed by atoms with Crippen LogP contribution in [0.4, 0.5) is 11.4 Å². The van der Waals surface area contributed by atoms with Gasteiger partial charge in [0.05, 0.1) is 17.4 Å². The molecule has 1 rings (SSSR count). The fourth-order valence-electron chi connectivity index (χ4n) is 1.85. The van der Waals surface area contributed by atoms with Gasteiger partial charge in [0.15, 0.2) is 0 Å². The number of nitro groups is 1. The molecule has 0 aliphatic rings. The lowest BCUT2D eigenvalue weighted by Crippen LogP contribution is -2.29. The van der Waals surface area contributed by atoms with Crippen LogP contribution in [0.15, 0.2) is 18.2 Å². The third kappa shape index (κ3) is 4.42. The van der Waals surface area contributed by atoms with Crippen molar-refractivity contribution in [3.8, 4) is 6.07 Å². The Morgan fingerprint density at radius 1 is 1.53 bits per heavy atom. The van der Waals surface area contributed by atoms with E-state index in [1.165, 1.54) is 6.07 Å². The molecule has 102 valence electrons. The van der Waals surface area contributed by atoms with E-state index >= 15 is 0 Å². The van der Waals surface area contributed by atoms with Crippen LogP contribution in [0, 0.1) is 27.4 Å². The van der Waals surface area contributed by atoms with Gasteiger partial charge in [-0.25, -0.2) is 0 Å². The van der Waals surface area contributed by atoms with E-state index in [9.17, 15) is 10.1 Å². The van der Waals surface area contributed by atoms with Crippen LogP contribution in [0.5, 0.6) is 0 Å². The van der Waals surface area contributed by atoms with E-state index in [0.717, 1.165) is 0 Å². The first-order valence-corrected chi connectivity index (χ1v) is 6.39. The number of benzene rings is 1. The molecule has 0 unspecified atom stereocenters. The zero-order valence-electron chi connectivity index (χ0n) is 11.0. The molecule has 5 nitrogen and oxygen atoms in total. The molecule has 0 N–H and O–H groups in total. The Bertz CT molecular complexity index is 497. The lowest BCUT2D eigenvalue weighted by atomic mass is 10.1. The van der Waals surface area contributed by atoms with E-state index in [0.29, 0.717) is 36.1 Å². The molecule has 0 aliphatic carbocycles. The predicted molar refractivity (Wildman–Crippen MR) is 75.4 cm³/mol. The van der Waals surface area contributed by atoms with Crippen LogP contribution in [0.1, 0.15) is 20.3 Å². The van der Waals surface area contributed by atoms with Crippen LogP contribution in [0.2, 0.25) is 5.02 Å². The van der Waals surface area contributed by atoms with Gasteiger partial charge in [0, 0.05) is 24.2 Å². The molecule has 0 aliphatic heterocycles. The van der Waals surface area contributed by atoms with E-state index in [-0.39, 0.29) is 5.69 Å². The Morgan fingerprint density at radius 3 is 2.74 bits per heavy atom. The summed E-state index contributed by atoms with van der Waals surface area (Å²) < 4.78 is 0. The summed E-state index contributed by atoms with van der Waals surface area (Å²) in [6, 6.07) is 6.68. The van der Waals surface area contributed by atoms with Crippen molar-refractivity contribution >= 4 is 23.0 Å². The van der Waals surface area contributed by atoms with Crippen molar-refractivity contribution in [2.24, 2.45) is 5.92 Å². The van der Waals surface area contributed by atoms with E-state index in [1.54, 1.807) is 12.1 Å². The number of nitro benzene ring substituents is 1. The van der Waals surface area contributed by atoms with Gasteiger partial charge in [0.25, 0.3) is 5.69 Å². The molecule has 0 amide bonds. The lowest BCUT2D eigenvalue weighted by Gasteiger charge is -2.25. The van der Waals surface area contributed by atoms with E-state index < -0.39 is 4.92 Å². The summed E-state index contributed by atoms with van der Waals surface area (Å²) in [4.78, 5) is 12.5. The van der Waals surface area contributed by atoms with Crippen LogP contribution in [-0.4, -0.2) is 18.0 Å². The quantitative estimate of drug-likeness (QED) is 0.590. The van der Waals surface area contributed by atoms with Gasteiger partial charge in [-0.1, -0.05) is 25.4 Å². The van der Waals surface area contributed by atoms with Gasteiger partial charge < -0.3 is 4.90 Å². The number of halogens is 1. The molecule has 0 saturated carbocycles. The SMILES string of the molecule is CC(C)CN(CCC#N)c1ccc(Cl)cc1[N+](=O)[O-]. The third-order valence-electron chi connectivity index (χ3n) is 2.55. The fraction of sp³-hybridized carbons (Fsp3) is 0.462. The summed E-state index contributed by atoms with van der Waals surface area (Å²) >= 11 is 5.80. The van der Waals surface area contributed by atoms with Gasteiger partial charge in [-0.3, -0.25) is 10.1 Å². The number of hydrogen-bond acceptors (Lipinski definition) is 4. The van der Waals surface area contributed by atoms with Crippen LogP contribution >= 0.6 is 11.6 Å². The summed E-state index contributed by atoms with van der Waals surface area (Å²) in [5.74, 6) is 0.342. The van der Waals surface area contributed by atoms with Crippen LogP contribution in [0.3, 0.4) is 0 Å². The predicted octanol–water partition coefficient (Wildman–Crippen LogP) is 3.62. The average molecular weight is 282 g/mol. The molecule has 19 heavy (non-hydrogen) atoms. The van der Waals surface area contributed by atoms with Crippen molar-refractivity contribution in [3.63, 3.8) is 0 Å². The number of anilines is 1. The van der Waals surface area contributed by atoms with Crippen molar-refractivity contribution in [2.45, 2.75) is 20.3 Å². The molecule has 0 heterocycles. The minimum absolute atomic E-state index is 0.0221. The zero-order chi connectivity index (χ0) is 14.4. The van der Waals surface area contributed by atoms with Crippen LogP contribution < -0.4 is 4.90 Å². The fourth-order valence-corrected chi connectivity index (χ4v) is 2.01. The molecule has 0 saturated heterocycles. The molecule has 0 aromatic heterocycles. The summed E-state index contributed by atoms with van der Waals surface area (Å²) in [5, 5.41) is 20.1. The van der Waals surface area contributed by atoms with Gasteiger partial charge in [0.1, 0.15) is 5.69 Å². The highest BCUT2D eigenvalue weighted by Crippen LogP contribution is 2.31. The van der Waals surface area contributed by atoms with Crippen molar-refractivity contribution in [2.75, 3.05) is 18.0 Å². The van der Waals surface area contributed by atoms with Crippen LogP contribution in [-0.2, 0) is 0 Å². The molecular formula is C13H16ClN3O2. The van der Waals surface area contributed by atoms with Crippen molar-refractivity contribution in [1.29, 1.82) is 5.26 Å². The zero-order valence-corrected chi connectivity index (χ0v) is 11.7. The lowest BCUT2D eigenvalue weighted by molar-refractivity contribution is -0.384. The number of nitrogens with zero attached hydrogens (tertiary/aromatic N) is 3. The van der Waals surface area contributed by atoms with Gasteiger partial charge in [0.2, 0.25) is 0 Å². The molecule has 1 aromatic carbocycles. The number of nitriles is 1. The molecule has 1 aromatic rings. The average Bonchev–Trinajstić information content (AvgIpc) is 2.34. The van der Waals surface area contributed by atoms with Gasteiger partial charge in [-0.2, -0.15) is 5.26 Å². The molecule has 0 radical (unpaired) electrons. The molecular weight excluding hydrogens is 266 g/mol. The molecule has 0 bridgehead atoms. The van der Waals surface area contributed by atoms with Crippen molar-refractivity contribution in [1.82, 2.24) is 0 Å². The number of hydrogen-bond donors (Lipinski definition) is 0. The Balaban J connectivity index is 3.13. The largest absolute Gasteiger partial charge is 0.365 e. The maximum absolute atomic E-state index is 11.1. The second kappa shape index (κ2) is 6.95. The first kappa shape index (κ1) is 15.3. The monoisotopic (exact) mass is 281 g/mol. The number of rotatable bonds is 6. The summed E-state index contributed by atoms with van der Waals surface area (Å²) in [6.45, 7) is 5.18. The molecule has 0 atom stereocenters. The highest BCUT2D eigenvalue weighted by molar-refractivity contribution is 6.30. The van der Waals surface area contributed by atoms with E-state index in [2.05, 4.69) is 6.07 Å². The second-order valence-corrected chi connectivity index (χ2v) is 5.07. The minimum atomic E-state index is -0.444. The first-order valence-electron chi connectivity index (χ1n) is 6.01. The summed E-state index contributed by atoms with van der Waals surface area (Å²) in [7, 11) is 0. The Morgan fingerprint density at radius 2 is 2.21 bits per heavy atom. The van der Waals surface area contributed by atoms with E-state index in [4.69, 9.17) is 16.9 Å². The summed E-state index contributed by atoms with van der Waals surface area (Å²) in [6.07, 6.45) is 0.326. The molecule has 0 fully saturated rings. The maximum Gasteiger partial charge on any atom is 0.294 e. The smallest absolute Gasteiger partial charge is 0.294 e. The standard InChI is InChI=1S/C13H16ClN3O2/c1-10(2)9-16(7-3-6-15)12-5-4-11(14)8-13(12)17(18)19/h4-5,8,10H,3,7,9H2,1-2H3. The normalized spacial score (nSPS) is 10.3. The van der Waals surface area contributed by atoms with Gasteiger partial charge in [-0.15, -0.1) is 0 Å². The third-order valence-corrected chi connectivity index (χ3v) is 2.79. The summed E-state index contributed by atoms with van der Waals surface area (Å²) in [5.41, 5.74) is 0.490. The Kier molecular flexibility index (Phi) is 5.58. The Hall–Kier alpha value is -1.80.